The standard InChI is InChI=1S/C16H11ClFN5O/c1-6-14-12(9(17)5-20-6)11(13(19)16(24)22-14)7-2-3-10(18)15-8(7)4-21-23-15/h2-5H,19H2,1H3,(H,21,23)(H,22,24). The molecule has 4 aromatic rings. The topological polar surface area (TPSA) is 100 Å². The second kappa shape index (κ2) is 5.04. The van der Waals surface area contributed by atoms with Gasteiger partial charge in [-0.25, -0.2) is 4.39 Å². The number of halogens is 2. The van der Waals surface area contributed by atoms with Crippen LogP contribution in [0.15, 0.2) is 29.3 Å². The molecule has 120 valence electrons. The first-order chi connectivity index (χ1) is 11.5. The van der Waals surface area contributed by atoms with Gasteiger partial charge in [0.25, 0.3) is 5.56 Å². The lowest BCUT2D eigenvalue weighted by Gasteiger charge is -2.13. The van der Waals surface area contributed by atoms with Gasteiger partial charge in [0.2, 0.25) is 0 Å². The van der Waals surface area contributed by atoms with Crippen LogP contribution in [0.4, 0.5) is 10.1 Å². The molecule has 0 saturated carbocycles. The number of aryl methyl sites for hydroxylation is 1. The van der Waals surface area contributed by atoms with Crippen LogP contribution in [-0.2, 0) is 0 Å². The Morgan fingerprint density at radius 1 is 1.25 bits per heavy atom. The Morgan fingerprint density at radius 3 is 2.83 bits per heavy atom. The van der Waals surface area contributed by atoms with Crippen molar-refractivity contribution in [2.45, 2.75) is 6.92 Å². The van der Waals surface area contributed by atoms with Crippen LogP contribution in [0, 0.1) is 12.7 Å². The lowest BCUT2D eigenvalue weighted by atomic mass is 9.96. The molecule has 0 atom stereocenters. The van der Waals surface area contributed by atoms with E-state index in [1.165, 1.54) is 18.5 Å². The average molecular weight is 344 g/mol. The van der Waals surface area contributed by atoms with Gasteiger partial charge in [0.05, 0.1) is 22.4 Å². The van der Waals surface area contributed by atoms with Crippen LogP contribution in [0.1, 0.15) is 5.69 Å². The van der Waals surface area contributed by atoms with E-state index >= 15 is 0 Å². The van der Waals surface area contributed by atoms with Gasteiger partial charge < -0.3 is 10.7 Å². The number of fused-ring (bicyclic) bond motifs is 2. The molecular weight excluding hydrogens is 333 g/mol. The molecule has 24 heavy (non-hydrogen) atoms. The van der Waals surface area contributed by atoms with Crippen LogP contribution < -0.4 is 11.3 Å². The summed E-state index contributed by atoms with van der Waals surface area (Å²) in [6.07, 6.45) is 2.98. The van der Waals surface area contributed by atoms with E-state index in [4.69, 9.17) is 17.3 Å². The van der Waals surface area contributed by atoms with Gasteiger partial charge >= 0.3 is 0 Å². The van der Waals surface area contributed by atoms with E-state index in [-0.39, 0.29) is 11.2 Å². The van der Waals surface area contributed by atoms with Crippen molar-refractivity contribution in [3.05, 3.63) is 51.4 Å². The van der Waals surface area contributed by atoms with Crippen molar-refractivity contribution >= 4 is 39.1 Å². The normalized spacial score (nSPS) is 11.5. The zero-order valence-electron chi connectivity index (χ0n) is 12.4. The smallest absolute Gasteiger partial charge is 0.272 e. The lowest BCUT2D eigenvalue weighted by molar-refractivity contribution is 0.636. The summed E-state index contributed by atoms with van der Waals surface area (Å²) >= 11 is 6.33. The first kappa shape index (κ1) is 14.6. The van der Waals surface area contributed by atoms with Gasteiger partial charge in [0.15, 0.2) is 0 Å². The van der Waals surface area contributed by atoms with E-state index in [0.29, 0.717) is 38.1 Å². The molecule has 3 heterocycles. The molecule has 4 N–H and O–H groups in total. The number of rotatable bonds is 1. The Bertz CT molecular complexity index is 1180. The highest BCUT2D eigenvalue weighted by molar-refractivity contribution is 6.37. The van der Waals surface area contributed by atoms with Gasteiger partial charge in [0.1, 0.15) is 17.0 Å². The first-order valence-corrected chi connectivity index (χ1v) is 7.45. The molecule has 8 heteroatoms. The van der Waals surface area contributed by atoms with Crippen molar-refractivity contribution in [3.63, 3.8) is 0 Å². The number of nitrogen functional groups attached to an aromatic ring is 1. The molecule has 0 aliphatic heterocycles. The van der Waals surface area contributed by atoms with Crippen molar-refractivity contribution in [3.8, 4) is 11.1 Å². The fourth-order valence-corrected chi connectivity index (χ4v) is 3.15. The fraction of sp³-hybridized carbons (Fsp3) is 0.0625. The molecule has 0 aliphatic rings. The fourth-order valence-electron chi connectivity index (χ4n) is 2.91. The molecule has 0 amide bonds. The minimum atomic E-state index is -0.453. The number of benzene rings is 1. The van der Waals surface area contributed by atoms with Crippen LogP contribution in [0.2, 0.25) is 5.02 Å². The number of anilines is 1. The molecule has 0 bridgehead atoms. The molecular formula is C16H11ClFN5O. The van der Waals surface area contributed by atoms with E-state index in [1.54, 1.807) is 13.0 Å². The number of aromatic amines is 2. The highest BCUT2D eigenvalue weighted by atomic mass is 35.5. The Hall–Kier alpha value is -2.93. The highest BCUT2D eigenvalue weighted by Gasteiger charge is 2.19. The minimum Gasteiger partial charge on any atom is -0.394 e. The summed E-state index contributed by atoms with van der Waals surface area (Å²) < 4.78 is 13.9. The van der Waals surface area contributed by atoms with Gasteiger partial charge in [-0.05, 0) is 18.6 Å². The Kier molecular flexibility index (Phi) is 3.07. The summed E-state index contributed by atoms with van der Waals surface area (Å²) in [6.45, 7) is 1.76. The second-order valence-electron chi connectivity index (χ2n) is 5.44. The molecule has 3 aromatic heterocycles. The van der Waals surface area contributed by atoms with Crippen molar-refractivity contribution in [1.82, 2.24) is 20.2 Å². The molecule has 6 nitrogen and oxygen atoms in total. The Labute approximate surface area is 139 Å². The van der Waals surface area contributed by atoms with E-state index in [0.717, 1.165) is 0 Å². The maximum Gasteiger partial charge on any atom is 0.272 e. The summed E-state index contributed by atoms with van der Waals surface area (Å²) in [7, 11) is 0. The zero-order valence-corrected chi connectivity index (χ0v) is 13.2. The lowest BCUT2D eigenvalue weighted by Crippen LogP contribution is -2.14. The van der Waals surface area contributed by atoms with Gasteiger partial charge in [-0.15, -0.1) is 0 Å². The third-order valence-electron chi connectivity index (χ3n) is 4.06. The van der Waals surface area contributed by atoms with Gasteiger partial charge in [-0.3, -0.25) is 14.9 Å². The summed E-state index contributed by atoms with van der Waals surface area (Å²) in [5.41, 5.74) is 7.96. The summed E-state index contributed by atoms with van der Waals surface area (Å²) in [5, 5.41) is 7.91. The number of pyridine rings is 2. The number of hydrogen-bond acceptors (Lipinski definition) is 4. The SMILES string of the molecule is Cc1ncc(Cl)c2c(-c3ccc(F)c4[nH]ncc34)c(N)c(=O)[nH]c12. The number of nitrogens with zero attached hydrogens (tertiary/aromatic N) is 2. The zero-order chi connectivity index (χ0) is 17.0. The van der Waals surface area contributed by atoms with Gasteiger partial charge in [-0.1, -0.05) is 17.7 Å². The Balaban J connectivity index is 2.27. The number of nitrogens with two attached hydrogens (primary N) is 1. The number of hydrogen-bond donors (Lipinski definition) is 3. The molecule has 0 radical (unpaired) electrons. The Morgan fingerprint density at radius 2 is 2.04 bits per heavy atom. The van der Waals surface area contributed by atoms with E-state index in [9.17, 15) is 9.18 Å². The molecule has 1 aromatic carbocycles. The van der Waals surface area contributed by atoms with Crippen LogP contribution >= 0.6 is 11.6 Å². The minimum absolute atomic E-state index is 0.00380. The quantitative estimate of drug-likeness (QED) is 0.494. The van der Waals surface area contributed by atoms with Gasteiger partial charge in [0, 0.05) is 22.5 Å². The molecule has 0 aliphatic carbocycles. The first-order valence-electron chi connectivity index (χ1n) is 7.07. The van der Waals surface area contributed by atoms with Crippen LogP contribution in [0.5, 0.6) is 0 Å². The van der Waals surface area contributed by atoms with Crippen molar-refractivity contribution in [1.29, 1.82) is 0 Å². The predicted molar refractivity (Wildman–Crippen MR) is 91.6 cm³/mol. The summed E-state index contributed by atoms with van der Waals surface area (Å²) in [5.74, 6) is -0.442. The van der Waals surface area contributed by atoms with Crippen LogP contribution in [-0.4, -0.2) is 20.2 Å². The predicted octanol–water partition coefficient (Wildman–Crippen LogP) is 3.15. The third kappa shape index (κ3) is 1.91. The third-order valence-corrected chi connectivity index (χ3v) is 4.35. The van der Waals surface area contributed by atoms with Crippen molar-refractivity contribution in [2.24, 2.45) is 0 Å². The van der Waals surface area contributed by atoms with Crippen LogP contribution in [0.3, 0.4) is 0 Å². The van der Waals surface area contributed by atoms with Crippen molar-refractivity contribution < 1.29 is 4.39 Å². The summed E-state index contributed by atoms with van der Waals surface area (Å²) in [4.78, 5) is 19.1. The number of H-pyrrole nitrogens is 2. The van der Waals surface area contributed by atoms with E-state index in [2.05, 4.69) is 20.2 Å². The molecule has 0 unspecified atom stereocenters. The van der Waals surface area contributed by atoms with E-state index in [1.807, 2.05) is 0 Å². The molecule has 0 saturated heterocycles. The van der Waals surface area contributed by atoms with Crippen LogP contribution in [0.25, 0.3) is 32.9 Å². The number of nitrogens with one attached hydrogen (secondary N) is 2. The van der Waals surface area contributed by atoms with E-state index < -0.39 is 11.4 Å². The monoisotopic (exact) mass is 343 g/mol. The van der Waals surface area contributed by atoms with Crippen molar-refractivity contribution in [2.75, 3.05) is 5.73 Å². The molecule has 0 spiro atoms. The second-order valence-corrected chi connectivity index (χ2v) is 5.85. The maximum absolute atomic E-state index is 13.9. The molecule has 4 rings (SSSR count). The van der Waals surface area contributed by atoms with Gasteiger partial charge in [-0.2, -0.15) is 5.10 Å². The average Bonchev–Trinajstić information content (AvgIpc) is 3.05. The summed E-state index contributed by atoms with van der Waals surface area (Å²) in [6, 6.07) is 2.86. The number of aromatic nitrogens is 4. The maximum atomic E-state index is 13.9. The molecule has 0 fully saturated rings. The largest absolute Gasteiger partial charge is 0.394 e. The highest BCUT2D eigenvalue weighted by Crippen LogP contribution is 2.39.